The summed E-state index contributed by atoms with van der Waals surface area (Å²) in [5.41, 5.74) is 0.770. The highest BCUT2D eigenvalue weighted by molar-refractivity contribution is 5.85. The summed E-state index contributed by atoms with van der Waals surface area (Å²) in [7, 11) is 0. The molecule has 2 nitrogen and oxygen atoms in total. The summed E-state index contributed by atoms with van der Waals surface area (Å²) >= 11 is 0. The molecule has 13 heavy (non-hydrogen) atoms. The molecular weight excluding hydrogens is 188 g/mol. The van der Waals surface area contributed by atoms with Gasteiger partial charge in [0.25, 0.3) is 0 Å². The summed E-state index contributed by atoms with van der Waals surface area (Å²) in [5, 5.41) is 18.9. The first kappa shape index (κ1) is 12.4. The van der Waals surface area contributed by atoms with Crippen molar-refractivity contribution in [1.29, 1.82) is 0 Å². The highest BCUT2D eigenvalue weighted by Crippen LogP contribution is 2.17. The minimum Gasteiger partial charge on any atom is -0.390 e. The van der Waals surface area contributed by atoms with Gasteiger partial charge in [-0.2, -0.15) is 0 Å². The second-order valence-corrected chi connectivity index (χ2v) is 2.83. The van der Waals surface area contributed by atoms with Crippen molar-refractivity contribution in [3.63, 3.8) is 0 Å². The first-order valence-corrected chi connectivity index (χ1v) is 4.16. The molecule has 0 aliphatic heterocycles. The maximum absolute atomic E-state index is 9.54. The van der Waals surface area contributed by atoms with E-state index < -0.39 is 12.2 Å². The van der Waals surface area contributed by atoms with Crippen LogP contribution in [-0.4, -0.2) is 16.3 Å². The van der Waals surface area contributed by atoms with Crippen LogP contribution in [0.15, 0.2) is 30.3 Å². The molecular formula is C10H15ClO2. The monoisotopic (exact) mass is 202 g/mol. The van der Waals surface area contributed by atoms with E-state index in [0.29, 0.717) is 6.42 Å². The van der Waals surface area contributed by atoms with Gasteiger partial charge in [0.05, 0.1) is 6.10 Å². The summed E-state index contributed by atoms with van der Waals surface area (Å²) in [5.74, 6) is 0. The quantitative estimate of drug-likeness (QED) is 0.786. The van der Waals surface area contributed by atoms with Gasteiger partial charge in [-0.25, -0.2) is 0 Å². The first-order valence-electron chi connectivity index (χ1n) is 4.16. The van der Waals surface area contributed by atoms with E-state index in [1.54, 1.807) is 0 Å². The van der Waals surface area contributed by atoms with Crippen molar-refractivity contribution in [1.82, 2.24) is 0 Å². The molecule has 2 N–H and O–H groups in total. The molecule has 1 aromatic carbocycles. The molecule has 74 valence electrons. The van der Waals surface area contributed by atoms with Gasteiger partial charge in [0, 0.05) is 0 Å². The Morgan fingerprint density at radius 1 is 1.15 bits per heavy atom. The summed E-state index contributed by atoms with van der Waals surface area (Å²) < 4.78 is 0. The number of aliphatic hydroxyl groups is 2. The van der Waals surface area contributed by atoms with Crippen molar-refractivity contribution in [3.05, 3.63) is 35.9 Å². The van der Waals surface area contributed by atoms with Gasteiger partial charge in [-0.3, -0.25) is 0 Å². The molecule has 0 radical (unpaired) electrons. The number of hydrogen-bond acceptors (Lipinski definition) is 2. The van der Waals surface area contributed by atoms with E-state index in [9.17, 15) is 10.2 Å². The van der Waals surface area contributed by atoms with E-state index >= 15 is 0 Å². The Morgan fingerprint density at radius 2 is 1.69 bits per heavy atom. The molecule has 2 atom stereocenters. The second-order valence-electron chi connectivity index (χ2n) is 2.83. The van der Waals surface area contributed by atoms with Crippen LogP contribution >= 0.6 is 12.4 Å². The number of aliphatic hydroxyl groups excluding tert-OH is 2. The van der Waals surface area contributed by atoms with Crippen LogP contribution in [0, 0.1) is 0 Å². The molecule has 0 aromatic heterocycles. The van der Waals surface area contributed by atoms with E-state index in [-0.39, 0.29) is 12.4 Å². The van der Waals surface area contributed by atoms with Crippen molar-refractivity contribution in [3.8, 4) is 0 Å². The third kappa shape index (κ3) is 3.35. The van der Waals surface area contributed by atoms with Gasteiger partial charge < -0.3 is 10.2 Å². The SMILES string of the molecule is CCC(O)C(O)c1ccccc1.Cl. The molecule has 3 heteroatoms. The van der Waals surface area contributed by atoms with Crippen LogP contribution in [0.2, 0.25) is 0 Å². The molecule has 0 heterocycles. The summed E-state index contributed by atoms with van der Waals surface area (Å²) in [4.78, 5) is 0. The largest absolute Gasteiger partial charge is 0.390 e. The molecule has 0 fully saturated rings. The van der Waals surface area contributed by atoms with Gasteiger partial charge >= 0.3 is 0 Å². The molecule has 0 saturated carbocycles. The maximum Gasteiger partial charge on any atom is 0.105 e. The molecule has 0 saturated heterocycles. The fourth-order valence-electron chi connectivity index (χ4n) is 1.10. The Bertz CT molecular complexity index is 226. The molecule has 1 rings (SSSR count). The molecule has 1 aromatic rings. The van der Waals surface area contributed by atoms with E-state index in [1.807, 2.05) is 37.3 Å². The normalized spacial score (nSPS) is 14.4. The van der Waals surface area contributed by atoms with E-state index in [0.717, 1.165) is 5.56 Å². The average molecular weight is 203 g/mol. The Morgan fingerprint density at radius 3 is 2.15 bits per heavy atom. The standard InChI is InChI=1S/C10H14O2.ClH/c1-2-9(11)10(12)8-6-4-3-5-7-8;/h3-7,9-12H,2H2,1H3;1H. The zero-order valence-electron chi connectivity index (χ0n) is 7.55. The number of rotatable bonds is 3. The molecule has 0 aliphatic carbocycles. The third-order valence-electron chi connectivity index (χ3n) is 1.92. The van der Waals surface area contributed by atoms with Gasteiger partial charge in [-0.1, -0.05) is 37.3 Å². The smallest absolute Gasteiger partial charge is 0.105 e. The van der Waals surface area contributed by atoms with Crippen molar-refractivity contribution >= 4 is 12.4 Å². The lowest BCUT2D eigenvalue weighted by atomic mass is 10.0. The number of hydrogen-bond donors (Lipinski definition) is 2. The first-order chi connectivity index (χ1) is 5.75. The third-order valence-corrected chi connectivity index (χ3v) is 1.92. The van der Waals surface area contributed by atoms with Crippen LogP contribution in [-0.2, 0) is 0 Å². The number of benzene rings is 1. The fraction of sp³-hybridized carbons (Fsp3) is 0.400. The lowest BCUT2D eigenvalue weighted by Gasteiger charge is -2.15. The van der Waals surface area contributed by atoms with Crippen molar-refractivity contribution in [2.24, 2.45) is 0 Å². The summed E-state index contributed by atoms with van der Waals surface area (Å²) in [6, 6.07) is 9.20. The summed E-state index contributed by atoms with van der Waals surface area (Å²) in [6.45, 7) is 1.84. The van der Waals surface area contributed by atoms with Gasteiger partial charge in [0.2, 0.25) is 0 Å². The van der Waals surface area contributed by atoms with Crippen LogP contribution in [0.5, 0.6) is 0 Å². The molecule has 0 amide bonds. The Labute approximate surface area is 84.6 Å². The lowest BCUT2D eigenvalue weighted by Crippen LogP contribution is -2.16. The van der Waals surface area contributed by atoms with E-state index in [1.165, 1.54) is 0 Å². The Kier molecular flexibility index (Phi) is 5.71. The zero-order chi connectivity index (χ0) is 8.97. The molecule has 2 unspecified atom stereocenters. The van der Waals surface area contributed by atoms with Crippen molar-refractivity contribution in [2.75, 3.05) is 0 Å². The average Bonchev–Trinajstić information content (AvgIpc) is 2.17. The fourth-order valence-corrected chi connectivity index (χ4v) is 1.10. The lowest BCUT2D eigenvalue weighted by molar-refractivity contribution is 0.0165. The maximum atomic E-state index is 9.54. The second kappa shape index (κ2) is 5.97. The minimum absolute atomic E-state index is 0. The van der Waals surface area contributed by atoms with E-state index in [2.05, 4.69) is 0 Å². The van der Waals surface area contributed by atoms with Crippen molar-refractivity contribution in [2.45, 2.75) is 25.6 Å². The van der Waals surface area contributed by atoms with Gasteiger partial charge in [0.1, 0.15) is 6.10 Å². The van der Waals surface area contributed by atoms with Gasteiger partial charge in [-0.15, -0.1) is 12.4 Å². The van der Waals surface area contributed by atoms with Crippen LogP contribution < -0.4 is 0 Å². The Balaban J connectivity index is 0.00000144. The highest BCUT2D eigenvalue weighted by Gasteiger charge is 2.15. The van der Waals surface area contributed by atoms with Crippen LogP contribution in [0.3, 0.4) is 0 Å². The van der Waals surface area contributed by atoms with Crippen LogP contribution in [0.1, 0.15) is 25.0 Å². The predicted octanol–water partition coefficient (Wildman–Crippen LogP) is 1.91. The number of halogens is 1. The van der Waals surface area contributed by atoms with E-state index in [4.69, 9.17) is 0 Å². The summed E-state index contributed by atoms with van der Waals surface area (Å²) in [6.07, 6.45) is -0.848. The predicted molar refractivity (Wildman–Crippen MR) is 54.9 cm³/mol. The molecule has 0 aliphatic rings. The minimum atomic E-state index is -0.754. The molecule has 0 bridgehead atoms. The topological polar surface area (TPSA) is 40.5 Å². The van der Waals surface area contributed by atoms with Gasteiger partial charge in [0.15, 0.2) is 0 Å². The Hall–Kier alpha value is -0.570. The highest BCUT2D eigenvalue weighted by atomic mass is 35.5. The van der Waals surface area contributed by atoms with Gasteiger partial charge in [-0.05, 0) is 12.0 Å². The van der Waals surface area contributed by atoms with Crippen molar-refractivity contribution < 1.29 is 10.2 Å². The zero-order valence-corrected chi connectivity index (χ0v) is 8.37. The molecule has 0 spiro atoms. The van der Waals surface area contributed by atoms with Crippen LogP contribution in [0.25, 0.3) is 0 Å². The van der Waals surface area contributed by atoms with Crippen LogP contribution in [0.4, 0.5) is 0 Å².